The first kappa shape index (κ1) is 12.6. The summed E-state index contributed by atoms with van der Waals surface area (Å²) >= 11 is 1.58. The van der Waals surface area contributed by atoms with Crippen molar-refractivity contribution in [2.45, 2.75) is 18.8 Å². The standard InChI is InChI=1S/C14H13FN2S/c1-14(9-16,8-11-3-2-6-18-11)12-7-10(15)4-5-13(12)17/h2-7H,8,17H2,1H3. The summed E-state index contributed by atoms with van der Waals surface area (Å²) in [5, 5.41) is 11.4. The summed E-state index contributed by atoms with van der Waals surface area (Å²) in [6, 6.07) is 10.3. The molecule has 1 atom stereocenters. The highest BCUT2D eigenvalue weighted by atomic mass is 32.1. The van der Waals surface area contributed by atoms with Gasteiger partial charge in [0.1, 0.15) is 5.82 Å². The van der Waals surface area contributed by atoms with Gasteiger partial charge in [0, 0.05) is 17.0 Å². The lowest BCUT2D eigenvalue weighted by molar-refractivity contribution is 0.590. The van der Waals surface area contributed by atoms with E-state index in [1.165, 1.54) is 18.2 Å². The Hall–Kier alpha value is -1.86. The van der Waals surface area contributed by atoms with Crippen LogP contribution in [0.5, 0.6) is 0 Å². The molecule has 0 bridgehead atoms. The molecule has 0 radical (unpaired) electrons. The second-order valence-electron chi connectivity index (χ2n) is 4.43. The van der Waals surface area contributed by atoms with Crippen LogP contribution >= 0.6 is 11.3 Å². The summed E-state index contributed by atoms with van der Waals surface area (Å²) in [5.74, 6) is -0.369. The Morgan fingerprint density at radius 2 is 2.22 bits per heavy atom. The number of anilines is 1. The number of benzene rings is 1. The quantitative estimate of drug-likeness (QED) is 0.859. The van der Waals surface area contributed by atoms with Gasteiger partial charge in [-0.25, -0.2) is 4.39 Å². The first-order valence-electron chi connectivity index (χ1n) is 5.54. The van der Waals surface area contributed by atoms with E-state index in [1.54, 1.807) is 18.3 Å². The van der Waals surface area contributed by atoms with E-state index in [4.69, 9.17) is 5.73 Å². The van der Waals surface area contributed by atoms with Gasteiger partial charge in [0.2, 0.25) is 0 Å². The molecule has 2 rings (SSSR count). The maximum atomic E-state index is 13.3. The van der Waals surface area contributed by atoms with Crippen LogP contribution in [-0.4, -0.2) is 0 Å². The van der Waals surface area contributed by atoms with E-state index in [9.17, 15) is 9.65 Å². The molecule has 0 amide bonds. The first-order valence-corrected chi connectivity index (χ1v) is 6.42. The molecule has 2 aromatic rings. The molecule has 0 aliphatic rings. The molecule has 0 aliphatic heterocycles. The van der Waals surface area contributed by atoms with Gasteiger partial charge in [-0.2, -0.15) is 5.26 Å². The van der Waals surface area contributed by atoms with Gasteiger partial charge in [0.15, 0.2) is 0 Å². The summed E-state index contributed by atoms with van der Waals surface area (Å²) < 4.78 is 13.3. The number of thiophene rings is 1. The molecule has 18 heavy (non-hydrogen) atoms. The normalized spacial score (nSPS) is 13.8. The van der Waals surface area contributed by atoms with Crippen molar-refractivity contribution >= 4 is 17.0 Å². The predicted molar refractivity (Wildman–Crippen MR) is 71.8 cm³/mol. The zero-order valence-corrected chi connectivity index (χ0v) is 10.8. The van der Waals surface area contributed by atoms with Crippen molar-refractivity contribution in [1.82, 2.24) is 0 Å². The molecule has 0 spiro atoms. The minimum atomic E-state index is -0.808. The molecular formula is C14H13FN2S. The molecule has 0 fully saturated rings. The Balaban J connectivity index is 2.43. The average molecular weight is 260 g/mol. The number of nitrogen functional groups attached to an aromatic ring is 1. The molecule has 4 heteroatoms. The lowest BCUT2D eigenvalue weighted by Gasteiger charge is -2.23. The Morgan fingerprint density at radius 3 is 2.83 bits per heavy atom. The van der Waals surface area contributed by atoms with Crippen LogP contribution in [0.25, 0.3) is 0 Å². The number of nitriles is 1. The van der Waals surface area contributed by atoms with Crippen molar-refractivity contribution in [2.75, 3.05) is 5.73 Å². The third kappa shape index (κ3) is 2.36. The van der Waals surface area contributed by atoms with Crippen LogP contribution < -0.4 is 5.73 Å². The van der Waals surface area contributed by atoms with E-state index in [-0.39, 0.29) is 5.82 Å². The molecule has 1 heterocycles. The number of halogens is 1. The lowest BCUT2D eigenvalue weighted by Crippen LogP contribution is -2.24. The largest absolute Gasteiger partial charge is 0.398 e. The van der Waals surface area contributed by atoms with Crippen molar-refractivity contribution in [3.8, 4) is 6.07 Å². The van der Waals surface area contributed by atoms with Crippen LogP contribution in [0.3, 0.4) is 0 Å². The maximum Gasteiger partial charge on any atom is 0.123 e. The second-order valence-corrected chi connectivity index (χ2v) is 5.46. The summed E-state index contributed by atoms with van der Waals surface area (Å²) in [4.78, 5) is 1.09. The number of rotatable bonds is 3. The van der Waals surface area contributed by atoms with Crippen molar-refractivity contribution in [3.63, 3.8) is 0 Å². The number of hydrogen-bond acceptors (Lipinski definition) is 3. The Bertz CT molecular complexity index is 586. The summed E-state index contributed by atoms with van der Waals surface area (Å²) in [5.41, 5.74) is 6.07. The Kier molecular flexibility index (Phi) is 3.35. The van der Waals surface area contributed by atoms with Crippen LogP contribution in [0.2, 0.25) is 0 Å². The van der Waals surface area contributed by atoms with E-state index < -0.39 is 5.41 Å². The van der Waals surface area contributed by atoms with Crippen LogP contribution in [0, 0.1) is 17.1 Å². The van der Waals surface area contributed by atoms with Gasteiger partial charge in [-0.05, 0) is 42.1 Å². The lowest BCUT2D eigenvalue weighted by atomic mass is 9.79. The van der Waals surface area contributed by atoms with Gasteiger partial charge in [0.05, 0.1) is 11.5 Å². The highest BCUT2D eigenvalue weighted by molar-refractivity contribution is 7.09. The highest BCUT2D eigenvalue weighted by Crippen LogP contribution is 2.33. The minimum Gasteiger partial charge on any atom is -0.398 e. The molecule has 92 valence electrons. The molecule has 0 aliphatic carbocycles. The third-order valence-electron chi connectivity index (χ3n) is 2.96. The van der Waals surface area contributed by atoms with Crippen molar-refractivity contribution < 1.29 is 4.39 Å². The molecular weight excluding hydrogens is 247 g/mol. The molecule has 1 unspecified atom stereocenters. The number of nitrogens with zero attached hydrogens (tertiary/aromatic N) is 1. The van der Waals surface area contributed by atoms with Crippen molar-refractivity contribution in [1.29, 1.82) is 5.26 Å². The van der Waals surface area contributed by atoms with Gasteiger partial charge >= 0.3 is 0 Å². The van der Waals surface area contributed by atoms with Crippen molar-refractivity contribution in [3.05, 3.63) is 52.0 Å². The summed E-state index contributed by atoms with van der Waals surface area (Å²) in [6.45, 7) is 1.79. The zero-order valence-electron chi connectivity index (χ0n) is 9.98. The monoisotopic (exact) mass is 260 g/mol. The third-order valence-corrected chi connectivity index (χ3v) is 3.84. The molecule has 1 aromatic heterocycles. The van der Waals surface area contributed by atoms with Crippen LogP contribution in [-0.2, 0) is 11.8 Å². The topological polar surface area (TPSA) is 49.8 Å². The molecule has 1 aromatic carbocycles. The fourth-order valence-corrected chi connectivity index (χ4v) is 2.82. The van der Waals surface area contributed by atoms with E-state index in [0.29, 0.717) is 17.7 Å². The summed E-state index contributed by atoms with van der Waals surface area (Å²) in [7, 11) is 0. The van der Waals surface area contributed by atoms with E-state index in [2.05, 4.69) is 6.07 Å². The Labute approximate surface area is 109 Å². The highest BCUT2D eigenvalue weighted by Gasteiger charge is 2.29. The molecule has 2 N–H and O–H groups in total. The maximum absolute atomic E-state index is 13.3. The first-order chi connectivity index (χ1) is 8.55. The van der Waals surface area contributed by atoms with Gasteiger partial charge < -0.3 is 5.73 Å². The molecule has 2 nitrogen and oxygen atoms in total. The predicted octanol–water partition coefficient (Wildman–Crippen LogP) is 3.49. The average Bonchev–Trinajstić information content (AvgIpc) is 2.84. The fourth-order valence-electron chi connectivity index (χ4n) is 1.96. The number of nitrogens with two attached hydrogens (primary N) is 1. The minimum absolute atomic E-state index is 0.369. The van der Waals surface area contributed by atoms with Gasteiger partial charge in [-0.1, -0.05) is 6.07 Å². The van der Waals surface area contributed by atoms with Gasteiger partial charge in [-0.3, -0.25) is 0 Å². The van der Waals surface area contributed by atoms with Gasteiger partial charge in [0.25, 0.3) is 0 Å². The Morgan fingerprint density at radius 1 is 1.44 bits per heavy atom. The van der Waals surface area contributed by atoms with Gasteiger partial charge in [-0.15, -0.1) is 11.3 Å². The van der Waals surface area contributed by atoms with E-state index in [1.807, 2.05) is 17.5 Å². The van der Waals surface area contributed by atoms with Crippen molar-refractivity contribution in [2.24, 2.45) is 0 Å². The molecule has 0 saturated heterocycles. The van der Waals surface area contributed by atoms with Crippen LogP contribution in [0.4, 0.5) is 10.1 Å². The fraction of sp³-hybridized carbons (Fsp3) is 0.214. The van der Waals surface area contributed by atoms with Crippen LogP contribution in [0.1, 0.15) is 17.4 Å². The summed E-state index contributed by atoms with van der Waals surface area (Å²) in [6.07, 6.45) is 0.537. The zero-order chi connectivity index (χ0) is 13.2. The van der Waals surface area contributed by atoms with Crippen LogP contribution in [0.15, 0.2) is 35.7 Å². The smallest absolute Gasteiger partial charge is 0.123 e. The molecule has 0 saturated carbocycles. The number of hydrogen-bond donors (Lipinski definition) is 1. The second kappa shape index (κ2) is 4.79. The van der Waals surface area contributed by atoms with E-state index in [0.717, 1.165) is 4.88 Å². The van der Waals surface area contributed by atoms with E-state index >= 15 is 0 Å². The SMILES string of the molecule is CC(C#N)(Cc1cccs1)c1cc(F)ccc1N.